The molecular formula is C8H14ClN3O4S2. The molecule has 1 rings (SSSR count). The van der Waals surface area contributed by atoms with Crippen molar-refractivity contribution in [2.24, 2.45) is 5.92 Å². The van der Waals surface area contributed by atoms with Crippen molar-refractivity contribution in [1.82, 2.24) is 14.8 Å². The van der Waals surface area contributed by atoms with Gasteiger partial charge in [0, 0.05) is 23.5 Å². The van der Waals surface area contributed by atoms with Crippen LogP contribution >= 0.6 is 10.7 Å². The monoisotopic (exact) mass is 315 g/mol. The van der Waals surface area contributed by atoms with Gasteiger partial charge in [-0.05, 0) is 5.92 Å². The van der Waals surface area contributed by atoms with Crippen molar-refractivity contribution in [3.63, 3.8) is 0 Å². The molecule has 0 N–H and O–H groups in total. The van der Waals surface area contributed by atoms with Crippen LogP contribution in [0, 0.1) is 5.92 Å². The molecule has 7 nitrogen and oxygen atoms in total. The number of nitrogens with zero attached hydrogens (tertiary/aromatic N) is 3. The summed E-state index contributed by atoms with van der Waals surface area (Å²) in [6.07, 6.45) is 1.04. The fraction of sp³-hybridized carbons (Fsp3) is 0.750. The number of hydrogen-bond acceptors (Lipinski definition) is 6. The average molecular weight is 316 g/mol. The predicted molar refractivity (Wildman–Crippen MR) is 66.4 cm³/mol. The van der Waals surface area contributed by atoms with Crippen LogP contribution in [-0.2, 0) is 31.2 Å². The van der Waals surface area contributed by atoms with Crippen LogP contribution < -0.4 is 0 Å². The smallest absolute Gasteiger partial charge is 0.296 e. The molecular weight excluding hydrogens is 302 g/mol. The van der Waals surface area contributed by atoms with Gasteiger partial charge in [-0.15, -0.1) is 10.2 Å². The molecule has 1 aromatic rings. The first-order chi connectivity index (χ1) is 8.00. The van der Waals surface area contributed by atoms with Crippen LogP contribution in [0.1, 0.15) is 19.7 Å². The second-order valence-corrected chi connectivity index (χ2v) is 9.01. The van der Waals surface area contributed by atoms with E-state index in [0.717, 1.165) is 6.26 Å². The molecule has 104 valence electrons. The third kappa shape index (κ3) is 4.21. The lowest BCUT2D eigenvalue weighted by Crippen LogP contribution is -2.15. The van der Waals surface area contributed by atoms with Crippen LogP contribution in [0.25, 0.3) is 0 Å². The molecule has 0 radical (unpaired) electrons. The summed E-state index contributed by atoms with van der Waals surface area (Å²) in [7, 11) is -2.14. The van der Waals surface area contributed by atoms with Crippen LogP contribution in [0.4, 0.5) is 0 Å². The zero-order valence-corrected chi connectivity index (χ0v) is 12.5. The van der Waals surface area contributed by atoms with Gasteiger partial charge in [-0.3, -0.25) is 4.57 Å². The quantitative estimate of drug-likeness (QED) is 0.730. The molecule has 1 aromatic heterocycles. The van der Waals surface area contributed by atoms with E-state index in [-0.39, 0.29) is 24.0 Å². The molecule has 0 spiro atoms. The maximum absolute atomic E-state index is 11.3. The van der Waals surface area contributed by atoms with Gasteiger partial charge < -0.3 is 0 Å². The van der Waals surface area contributed by atoms with Crippen molar-refractivity contribution in [2.45, 2.75) is 31.3 Å². The minimum Gasteiger partial charge on any atom is -0.300 e. The molecule has 0 amide bonds. The zero-order chi connectivity index (χ0) is 14.1. The van der Waals surface area contributed by atoms with Crippen LogP contribution in [0.5, 0.6) is 0 Å². The molecule has 0 bridgehead atoms. The molecule has 0 saturated carbocycles. The van der Waals surface area contributed by atoms with E-state index in [1.807, 2.05) is 13.8 Å². The Morgan fingerprint density at radius 3 is 2.17 bits per heavy atom. The van der Waals surface area contributed by atoms with E-state index in [2.05, 4.69) is 10.2 Å². The van der Waals surface area contributed by atoms with Crippen LogP contribution in [0.2, 0.25) is 0 Å². The lowest BCUT2D eigenvalue weighted by molar-refractivity contribution is 0.475. The van der Waals surface area contributed by atoms with Gasteiger partial charge in [-0.1, -0.05) is 13.8 Å². The Morgan fingerprint density at radius 1 is 1.22 bits per heavy atom. The van der Waals surface area contributed by atoms with E-state index in [1.165, 1.54) is 4.57 Å². The fourth-order valence-electron chi connectivity index (χ4n) is 1.39. The summed E-state index contributed by atoms with van der Waals surface area (Å²) in [6.45, 7) is 3.99. The largest absolute Gasteiger partial charge is 0.300 e. The lowest BCUT2D eigenvalue weighted by Gasteiger charge is -2.10. The van der Waals surface area contributed by atoms with E-state index in [4.69, 9.17) is 10.7 Å². The van der Waals surface area contributed by atoms with Gasteiger partial charge in [0.15, 0.2) is 9.84 Å². The number of rotatable bonds is 5. The van der Waals surface area contributed by atoms with Gasteiger partial charge in [0.25, 0.3) is 14.2 Å². The first-order valence-corrected chi connectivity index (χ1v) is 9.42. The second-order valence-electron chi connectivity index (χ2n) is 4.41. The molecule has 1 heterocycles. The van der Waals surface area contributed by atoms with Gasteiger partial charge in [-0.25, -0.2) is 16.8 Å². The molecule has 0 aliphatic heterocycles. The zero-order valence-electron chi connectivity index (χ0n) is 10.2. The third-order valence-corrected chi connectivity index (χ3v) is 3.89. The van der Waals surface area contributed by atoms with Crippen molar-refractivity contribution >= 4 is 29.6 Å². The molecule has 0 aliphatic carbocycles. The number of sulfone groups is 1. The number of aromatic nitrogens is 3. The standard InChI is InChI=1S/C8H14ClN3O4S2/c1-6(2)4-12-7(5-17(3,13)14)10-11-8(12)18(9,15)16/h6H,4-5H2,1-3H3. The predicted octanol–water partition coefficient (Wildman–Crippen LogP) is 0.406. The Morgan fingerprint density at radius 2 is 1.78 bits per heavy atom. The van der Waals surface area contributed by atoms with Crippen LogP contribution in [0.3, 0.4) is 0 Å². The topological polar surface area (TPSA) is 99.0 Å². The Kier molecular flexibility index (Phi) is 4.39. The Hall–Kier alpha value is -0.670. The first kappa shape index (κ1) is 15.4. The van der Waals surface area contributed by atoms with Crippen molar-refractivity contribution in [3.05, 3.63) is 5.82 Å². The highest BCUT2D eigenvalue weighted by Gasteiger charge is 2.24. The van der Waals surface area contributed by atoms with E-state index in [1.54, 1.807) is 0 Å². The molecule has 0 fully saturated rings. The number of halogens is 1. The highest BCUT2D eigenvalue weighted by molar-refractivity contribution is 8.13. The second kappa shape index (κ2) is 5.14. The van der Waals surface area contributed by atoms with Gasteiger partial charge in [0.2, 0.25) is 0 Å². The molecule has 10 heteroatoms. The summed E-state index contributed by atoms with van der Waals surface area (Å²) < 4.78 is 46.3. The maximum Gasteiger partial charge on any atom is 0.296 e. The molecule has 0 aliphatic rings. The minimum absolute atomic E-state index is 0.0745. The van der Waals surface area contributed by atoms with Crippen LogP contribution in [0.15, 0.2) is 5.16 Å². The molecule has 0 saturated heterocycles. The SMILES string of the molecule is CC(C)Cn1c(CS(C)(=O)=O)nnc1S(=O)(=O)Cl. The Balaban J connectivity index is 3.33. The maximum atomic E-state index is 11.3. The number of hydrogen-bond donors (Lipinski definition) is 0. The highest BCUT2D eigenvalue weighted by Crippen LogP contribution is 2.17. The summed E-state index contributed by atoms with van der Waals surface area (Å²) in [5.41, 5.74) is 0. The van der Waals surface area contributed by atoms with Gasteiger partial charge >= 0.3 is 0 Å². The lowest BCUT2D eigenvalue weighted by atomic mass is 10.2. The summed E-state index contributed by atoms with van der Waals surface area (Å²) in [5.74, 6) is -0.207. The Bertz CT molecular complexity index is 633. The summed E-state index contributed by atoms with van der Waals surface area (Å²) in [5, 5.41) is 6.62. The van der Waals surface area contributed by atoms with Gasteiger partial charge in [-0.2, -0.15) is 0 Å². The normalized spacial score (nSPS) is 13.2. The van der Waals surface area contributed by atoms with E-state index in [9.17, 15) is 16.8 Å². The van der Waals surface area contributed by atoms with Gasteiger partial charge in [0.05, 0.1) is 0 Å². The molecule has 18 heavy (non-hydrogen) atoms. The molecule has 0 unspecified atom stereocenters. The highest BCUT2D eigenvalue weighted by atomic mass is 35.7. The third-order valence-electron chi connectivity index (χ3n) is 1.95. The van der Waals surface area contributed by atoms with Crippen LogP contribution in [-0.4, -0.2) is 37.9 Å². The summed E-state index contributed by atoms with van der Waals surface area (Å²) in [6, 6.07) is 0. The van der Waals surface area contributed by atoms with E-state index < -0.39 is 24.0 Å². The van der Waals surface area contributed by atoms with Crippen molar-refractivity contribution in [3.8, 4) is 0 Å². The van der Waals surface area contributed by atoms with Crippen molar-refractivity contribution in [2.75, 3.05) is 6.26 Å². The fourth-order valence-corrected chi connectivity index (χ4v) is 3.00. The first-order valence-electron chi connectivity index (χ1n) is 5.05. The molecule has 0 aromatic carbocycles. The minimum atomic E-state index is -4.05. The van der Waals surface area contributed by atoms with Crippen molar-refractivity contribution < 1.29 is 16.8 Å². The summed E-state index contributed by atoms with van der Waals surface area (Å²) in [4.78, 5) is 0. The van der Waals surface area contributed by atoms with E-state index in [0.29, 0.717) is 0 Å². The molecule has 0 atom stereocenters. The average Bonchev–Trinajstić information content (AvgIpc) is 2.43. The van der Waals surface area contributed by atoms with Crippen molar-refractivity contribution in [1.29, 1.82) is 0 Å². The van der Waals surface area contributed by atoms with Gasteiger partial charge in [0.1, 0.15) is 11.6 Å². The summed E-state index contributed by atoms with van der Waals surface area (Å²) >= 11 is 0. The van der Waals surface area contributed by atoms with E-state index >= 15 is 0 Å². The Labute approximate surface area is 111 Å².